The fourth-order valence-corrected chi connectivity index (χ4v) is 2.02. The zero-order chi connectivity index (χ0) is 11.4. The minimum absolute atomic E-state index is 0.0327. The van der Waals surface area contributed by atoms with Gasteiger partial charge in [0.1, 0.15) is 0 Å². The van der Waals surface area contributed by atoms with Gasteiger partial charge in [-0.2, -0.15) is 0 Å². The predicted octanol–water partition coefficient (Wildman–Crippen LogP) is 3.01. The van der Waals surface area contributed by atoms with Crippen molar-refractivity contribution in [2.24, 2.45) is 0 Å². The van der Waals surface area contributed by atoms with Gasteiger partial charge in [0.2, 0.25) is 0 Å². The van der Waals surface area contributed by atoms with Crippen molar-refractivity contribution in [3.63, 3.8) is 0 Å². The molecule has 0 aromatic heterocycles. The number of carbonyl (C=O) groups excluding carboxylic acids is 1. The third kappa shape index (κ3) is 2.75. The quantitative estimate of drug-likeness (QED) is 0.772. The van der Waals surface area contributed by atoms with Crippen molar-refractivity contribution >= 4 is 11.7 Å². The largest absolute Gasteiger partial charge is 0.325 e. The van der Waals surface area contributed by atoms with Crippen LogP contribution in [0.1, 0.15) is 24.8 Å². The molecule has 0 radical (unpaired) electrons. The minimum atomic E-state index is 0.0327. The van der Waals surface area contributed by atoms with Crippen molar-refractivity contribution in [1.82, 2.24) is 4.90 Å². The van der Waals surface area contributed by atoms with Gasteiger partial charge in [0.15, 0.2) is 0 Å². The summed E-state index contributed by atoms with van der Waals surface area (Å²) in [6.07, 6.45) is 3.50. The molecule has 0 bridgehead atoms. The van der Waals surface area contributed by atoms with Gasteiger partial charge < -0.3 is 10.2 Å². The summed E-state index contributed by atoms with van der Waals surface area (Å²) in [6, 6.07) is 7.93. The number of benzene rings is 1. The van der Waals surface area contributed by atoms with Crippen LogP contribution in [0.4, 0.5) is 10.5 Å². The van der Waals surface area contributed by atoms with Crippen LogP contribution in [-0.2, 0) is 0 Å². The average molecular weight is 218 g/mol. The lowest BCUT2D eigenvalue weighted by molar-refractivity contribution is 0.200. The molecule has 0 unspecified atom stereocenters. The summed E-state index contributed by atoms with van der Waals surface area (Å²) in [6.45, 7) is 3.80. The normalized spacial score (nSPS) is 15.9. The van der Waals surface area contributed by atoms with Gasteiger partial charge >= 0.3 is 6.03 Å². The van der Waals surface area contributed by atoms with E-state index in [2.05, 4.69) is 5.32 Å². The van der Waals surface area contributed by atoms with Crippen molar-refractivity contribution in [2.45, 2.75) is 26.2 Å². The van der Waals surface area contributed by atoms with Gasteiger partial charge in [0, 0.05) is 18.8 Å². The Balaban J connectivity index is 1.96. The predicted molar refractivity (Wildman–Crippen MR) is 65.6 cm³/mol. The molecule has 1 saturated heterocycles. The van der Waals surface area contributed by atoms with Crippen LogP contribution in [0.5, 0.6) is 0 Å². The molecule has 0 saturated carbocycles. The van der Waals surface area contributed by atoms with E-state index in [9.17, 15) is 4.79 Å². The Kier molecular flexibility index (Phi) is 3.44. The molecule has 1 aliphatic heterocycles. The van der Waals surface area contributed by atoms with Gasteiger partial charge in [0.25, 0.3) is 0 Å². The number of urea groups is 1. The molecule has 1 aromatic rings. The molecule has 0 aliphatic carbocycles. The Hall–Kier alpha value is -1.51. The minimum Gasteiger partial charge on any atom is -0.325 e. The van der Waals surface area contributed by atoms with Crippen LogP contribution in [0.2, 0.25) is 0 Å². The average Bonchev–Trinajstić information content (AvgIpc) is 2.30. The molecule has 1 N–H and O–H groups in total. The smallest absolute Gasteiger partial charge is 0.321 e. The first-order chi connectivity index (χ1) is 7.75. The zero-order valence-electron chi connectivity index (χ0n) is 9.70. The van der Waals surface area contributed by atoms with Crippen molar-refractivity contribution in [2.75, 3.05) is 18.4 Å². The maximum Gasteiger partial charge on any atom is 0.321 e. The molecule has 3 heteroatoms. The van der Waals surface area contributed by atoms with Crippen LogP contribution >= 0.6 is 0 Å². The maximum absolute atomic E-state index is 11.9. The summed E-state index contributed by atoms with van der Waals surface area (Å²) in [5.74, 6) is 0. The fourth-order valence-electron chi connectivity index (χ4n) is 2.02. The molecule has 16 heavy (non-hydrogen) atoms. The molecule has 1 aliphatic rings. The molecule has 1 aromatic carbocycles. The zero-order valence-corrected chi connectivity index (χ0v) is 9.70. The second-order valence-electron chi connectivity index (χ2n) is 4.35. The lowest BCUT2D eigenvalue weighted by Crippen LogP contribution is -2.38. The van der Waals surface area contributed by atoms with E-state index in [1.807, 2.05) is 36.1 Å². The van der Waals surface area contributed by atoms with Crippen molar-refractivity contribution in [3.8, 4) is 0 Å². The molecule has 0 spiro atoms. The number of hydrogen-bond acceptors (Lipinski definition) is 1. The van der Waals surface area contributed by atoms with Gasteiger partial charge in [-0.3, -0.25) is 0 Å². The highest BCUT2D eigenvalue weighted by Gasteiger charge is 2.15. The molecule has 86 valence electrons. The summed E-state index contributed by atoms with van der Waals surface area (Å²) in [5, 5.41) is 2.94. The first kappa shape index (κ1) is 11.0. The van der Waals surface area contributed by atoms with Crippen molar-refractivity contribution in [1.29, 1.82) is 0 Å². The van der Waals surface area contributed by atoms with Gasteiger partial charge in [-0.15, -0.1) is 0 Å². The second kappa shape index (κ2) is 5.01. The highest BCUT2D eigenvalue weighted by molar-refractivity contribution is 5.89. The molecular formula is C13H18N2O. The fraction of sp³-hybridized carbons (Fsp3) is 0.462. The number of nitrogens with zero attached hydrogens (tertiary/aromatic N) is 1. The topological polar surface area (TPSA) is 32.3 Å². The molecule has 3 nitrogen and oxygen atoms in total. The SMILES string of the molecule is Cc1cccc(NC(=O)N2CCCCC2)c1. The molecule has 1 fully saturated rings. The lowest BCUT2D eigenvalue weighted by atomic mass is 10.1. The Bertz CT molecular complexity index is 370. The van der Waals surface area contributed by atoms with Crippen LogP contribution in [0.25, 0.3) is 0 Å². The standard InChI is InChI=1S/C13H18N2O/c1-11-6-5-7-12(10-11)14-13(16)15-8-3-2-4-9-15/h5-7,10H,2-4,8-9H2,1H3,(H,14,16). The van der Waals surface area contributed by atoms with E-state index in [4.69, 9.17) is 0 Å². The molecule has 2 amide bonds. The number of hydrogen-bond donors (Lipinski definition) is 1. The number of piperidine rings is 1. The molecule has 2 rings (SSSR count). The lowest BCUT2D eigenvalue weighted by Gasteiger charge is -2.26. The van der Waals surface area contributed by atoms with E-state index < -0.39 is 0 Å². The Morgan fingerprint density at radius 1 is 1.25 bits per heavy atom. The molecule has 1 heterocycles. The summed E-state index contributed by atoms with van der Waals surface area (Å²) in [4.78, 5) is 13.8. The second-order valence-corrected chi connectivity index (χ2v) is 4.35. The van der Waals surface area contributed by atoms with Crippen LogP contribution in [0.3, 0.4) is 0 Å². The number of carbonyl (C=O) groups is 1. The summed E-state index contributed by atoms with van der Waals surface area (Å²) < 4.78 is 0. The number of likely N-dealkylation sites (tertiary alicyclic amines) is 1. The first-order valence-corrected chi connectivity index (χ1v) is 5.88. The van der Waals surface area contributed by atoms with E-state index >= 15 is 0 Å². The Morgan fingerprint density at radius 2 is 2.00 bits per heavy atom. The number of aryl methyl sites for hydroxylation is 1. The summed E-state index contributed by atoms with van der Waals surface area (Å²) in [5.41, 5.74) is 2.05. The highest BCUT2D eigenvalue weighted by Crippen LogP contribution is 2.13. The summed E-state index contributed by atoms with van der Waals surface area (Å²) >= 11 is 0. The molecular weight excluding hydrogens is 200 g/mol. The van der Waals surface area contributed by atoms with Gasteiger partial charge in [-0.25, -0.2) is 4.79 Å². The van der Waals surface area contributed by atoms with Gasteiger partial charge in [-0.1, -0.05) is 12.1 Å². The Labute approximate surface area is 96.5 Å². The van der Waals surface area contributed by atoms with Crippen molar-refractivity contribution < 1.29 is 4.79 Å². The maximum atomic E-state index is 11.9. The van der Waals surface area contributed by atoms with E-state index in [0.717, 1.165) is 37.2 Å². The number of rotatable bonds is 1. The third-order valence-electron chi connectivity index (χ3n) is 2.91. The monoisotopic (exact) mass is 218 g/mol. The number of nitrogens with one attached hydrogen (secondary N) is 1. The first-order valence-electron chi connectivity index (χ1n) is 5.88. The number of anilines is 1. The third-order valence-corrected chi connectivity index (χ3v) is 2.91. The van der Waals surface area contributed by atoms with E-state index in [1.54, 1.807) is 0 Å². The van der Waals surface area contributed by atoms with Gasteiger partial charge in [0.05, 0.1) is 0 Å². The molecule has 0 atom stereocenters. The van der Waals surface area contributed by atoms with Crippen LogP contribution in [0, 0.1) is 6.92 Å². The van der Waals surface area contributed by atoms with Crippen LogP contribution < -0.4 is 5.32 Å². The van der Waals surface area contributed by atoms with Crippen LogP contribution in [0.15, 0.2) is 24.3 Å². The highest BCUT2D eigenvalue weighted by atomic mass is 16.2. The summed E-state index contributed by atoms with van der Waals surface area (Å²) in [7, 11) is 0. The van der Waals surface area contributed by atoms with E-state index in [0.29, 0.717) is 0 Å². The van der Waals surface area contributed by atoms with Crippen molar-refractivity contribution in [3.05, 3.63) is 29.8 Å². The Morgan fingerprint density at radius 3 is 2.69 bits per heavy atom. The van der Waals surface area contributed by atoms with E-state index in [-0.39, 0.29) is 6.03 Å². The number of amides is 2. The van der Waals surface area contributed by atoms with E-state index in [1.165, 1.54) is 6.42 Å². The van der Waals surface area contributed by atoms with Gasteiger partial charge in [-0.05, 0) is 43.9 Å². The van der Waals surface area contributed by atoms with Crippen LogP contribution in [-0.4, -0.2) is 24.0 Å².